The van der Waals surface area contributed by atoms with Gasteiger partial charge < -0.3 is 9.13 Å². The largest absolute Gasteiger partial charge is 0.309 e. The van der Waals surface area contributed by atoms with E-state index in [1.165, 1.54) is 103 Å². The van der Waals surface area contributed by atoms with E-state index < -0.39 is 0 Å². The smallest absolute Gasteiger partial charge is 0.0541 e. The van der Waals surface area contributed by atoms with E-state index in [-0.39, 0.29) is 0 Å². The number of benzene rings is 9. The molecular weight excluding hydrogens is 709 g/mol. The maximum atomic E-state index is 2.47. The van der Waals surface area contributed by atoms with Gasteiger partial charge in [-0.3, -0.25) is 0 Å². The van der Waals surface area contributed by atoms with Crippen LogP contribution in [0, 0.1) is 0 Å². The van der Waals surface area contributed by atoms with Gasteiger partial charge in [-0.2, -0.15) is 0 Å². The molecule has 3 heteroatoms. The van der Waals surface area contributed by atoms with Crippen molar-refractivity contribution in [1.29, 1.82) is 0 Å². The number of para-hydroxylation sites is 2. The van der Waals surface area contributed by atoms with Gasteiger partial charge in [-0.05, 0) is 94.5 Å². The second kappa shape index (κ2) is 12.7. The summed E-state index contributed by atoms with van der Waals surface area (Å²) in [7, 11) is 0. The summed E-state index contributed by atoms with van der Waals surface area (Å²) in [5, 5.41) is 7.61. The Kier molecular flexibility index (Phi) is 7.13. The minimum absolute atomic E-state index is 1.16. The van der Waals surface area contributed by atoms with Gasteiger partial charge in [-0.25, -0.2) is 0 Å². The third-order valence-electron chi connectivity index (χ3n) is 11.7. The Morgan fingerprint density at radius 1 is 0.281 bits per heavy atom. The first kappa shape index (κ1) is 32.1. The number of aromatic nitrogens is 2. The van der Waals surface area contributed by atoms with Crippen molar-refractivity contribution >= 4 is 75.1 Å². The number of hydrogen-bond acceptors (Lipinski definition) is 1. The van der Waals surface area contributed by atoms with Crippen LogP contribution < -0.4 is 0 Å². The van der Waals surface area contributed by atoms with Crippen molar-refractivity contribution < 1.29 is 0 Å². The van der Waals surface area contributed by atoms with Crippen molar-refractivity contribution in [3.63, 3.8) is 0 Å². The molecule has 0 bridgehead atoms. The number of fused-ring (bicyclic) bond motifs is 9. The molecule has 0 aliphatic rings. The number of rotatable bonds is 5. The maximum absolute atomic E-state index is 2.47. The molecule has 2 nitrogen and oxygen atoms in total. The quantitative estimate of drug-likeness (QED) is 0.166. The van der Waals surface area contributed by atoms with Crippen LogP contribution in [0.4, 0.5) is 0 Å². The molecule has 12 rings (SSSR count). The van der Waals surface area contributed by atoms with Gasteiger partial charge in [0.1, 0.15) is 0 Å². The minimum Gasteiger partial charge on any atom is -0.309 e. The van der Waals surface area contributed by atoms with Gasteiger partial charge in [0.25, 0.3) is 0 Å². The highest BCUT2D eigenvalue weighted by atomic mass is 32.1. The highest BCUT2D eigenvalue weighted by Gasteiger charge is 2.19. The third kappa shape index (κ3) is 5.03. The van der Waals surface area contributed by atoms with E-state index >= 15 is 0 Å². The van der Waals surface area contributed by atoms with Crippen LogP contribution in [0.3, 0.4) is 0 Å². The molecular formula is C54H34N2S. The molecule has 0 aliphatic carbocycles. The van der Waals surface area contributed by atoms with Crippen LogP contribution in [0.25, 0.3) is 109 Å². The predicted octanol–water partition coefficient (Wildman–Crippen LogP) is 15.2. The van der Waals surface area contributed by atoms with Gasteiger partial charge in [0, 0.05) is 58.7 Å². The van der Waals surface area contributed by atoms with Crippen LogP contribution in [0.2, 0.25) is 0 Å². The average molecular weight is 743 g/mol. The Hall–Kier alpha value is -7.20. The van der Waals surface area contributed by atoms with Crippen LogP contribution in [-0.2, 0) is 0 Å². The molecule has 57 heavy (non-hydrogen) atoms. The first-order valence-corrected chi connectivity index (χ1v) is 20.3. The SMILES string of the molecule is c1ccc(-c2cccc(-n3c4ccccc4c4cc(-c5ccc6c(c5)c5ccccc5n6-c5cc(-c6ccccc6)c6sc7ccccc7c6c5)ccc43)c2)cc1. The molecule has 0 radical (unpaired) electrons. The highest BCUT2D eigenvalue weighted by Crippen LogP contribution is 2.44. The molecule has 3 heterocycles. The Balaban J connectivity index is 1.04. The number of hydrogen-bond donors (Lipinski definition) is 0. The van der Waals surface area contributed by atoms with Crippen LogP contribution in [0.15, 0.2) is 206 Å². The van der Waals surface area contributed by atoms with Crippen molar-refractivity contribution in [1.82, 2.24) is 9.13 Å². The summed E-state index contributed by atoms with van der Waals surface area (Å²) in [4.78, 5) is 0. The molecule has 266 valence electrons. The normalized spacial score (nSPS) is 11.9. The van der Waals surface area contributed by atoms with E-state index in [9.17, 15) is 0 Å². The average Bonchev–Trinajstić information content (AvgIpc) is 3.94. The summed E-state index contributed by atoms with van der Waals surface area (Å²) in [5.41, 5.74) is 14.5. The van der Waals surface area contributed by atoms with Crippen molar-refractivity contribution in [2.75, 3.05) is 0 Å². The molecule has 3 aromatic heterocycles. The lowest BCUT2D eigenvalue weighted by molar-refractivity contribution is 1.18. The van der Waals surface area contributed by atoms with Crippen molar-refractivity contribution in [2.24, 2.45) is 0 Å². The van der Waals surface area contributed by atoms with Gasteiger partial charge in [-0.15, -0.1) is 11.3 Å². The molecule has 9 aromatic carbocycles. The summed E-state index contributed by atoms with van der Waals surface area (Å²) in [6.07, 6.45) is 0. The molecule has 0 unspecified atom stereocenters. The molecule has 0 atom stereocenters. The van der Waals surface area contributed by atoms with Gasteiger partial charge in [0.2, 0.25) is 0 Å². The van der Waals surface area contributed by atoms with Gasteiger partial charge in [0.15, 0.2) is 0 Å². The molecule has 0 amide bonds. The maximum Gasteiger partial charge on any atom is 0.0541 e. The Morgan fingerprint density at radius 2 is 0.789 bits per heavy atom. The molecule has 0 saturated carbocycles. The first-order chi connectivity index (χ1) is 28.3. The summed E-state index contributed by atoms with van der Waals surface area (Å²) >= 11 is 1.89. The fraction of sp³-hybridized carbons (Fsp3) is 0. The molecule has 12 aromatic rings. The predicted molar refractivity (Wildman–Crippen MR) is 244 cm³/mol. The summed E-state index contributed by atoms with van der Waals surface area (Å²) < 4.78 is 7.52. The van der Waals surface area contributed by atoms with E-state index in [4.69, 9.17) is 0 Å². The lowest BCUT2D eigenvalue weighted by Gasteiger charge is -2.13. The monoisotopic (exact) mass is 742 g/mol. The zero-order chi connectivity index (χ0) is 37.5. The lowest BCUT2D eigenvalue weighted by atomic mass is 10.0. The number of nitrogens with zero attached hydrogens (tertiary/aromatic N) is 2. The van der Waals surface area contributed by atoms with Gasteiger partial charge in [-0.1, -0.05) is 140 Å². The fourth-order valence-corrected chi connectivity index (χ4v) is 10.3. The highest BCUT2D eigenvalue weighted by molar-refractivity contribution is 7.26. The van der Waals surface area contributed by atoms with Crippen LogP contribution in [0.1, 0.15) is 0 Å². The van der Waals surface area contributed by atoms with E-state index in [1.807, 2.05) is 11.3 Å². The summed E-state index contributed by atoms with van der Waals surface area (Å²) in [5.74, 6) is 0. The fourth-order valence-electron chi connectivity index (χ4n) is 9.09. The van der Waals surface area contributed by atoms with Crippen LogP contribution in [0.5, 0.6) is 0 Å². The number of thiophene rings is 1. The lowest BCUT2D eigenvalue weighted by Crippen LogP contribution is -1.95. The first-order valence-electron chi connectivity index (χ1n) is 19.5. The minimum atomic E-state index is 1.16. The standard InChI is InChI=1S/C54H34N2S/c1-3-14-35(15-4-1)37-18-13-19-40(30-37)55-49-23-10-7-20-42(49)46-31-38(26-28-51(46)55)39-27-29-52-47(32-39)43-21-8-11-24-50(43)56(52)41-33-45(36-16-5-2-6-17-36)54-48(34-41)44-22-9-12-25-53(44)57-54/h1-34H. The van der Waals surface area contributed by atoms with E-state index in [1.54, 1.807) is 0 Å². The zero-order valence-electron chi connectivity index (χ0n) is 30.9. The topological polar surface area (TPSA) is 9.86 Å². The third-order valence-corrected chi connectivity index (χ3v) is 12.9. The zero-order valence-corrected chi connectivity index (χ0v) is 31.7. The van der Waals surface area contributed by atoms with Crippen LogP contribution >= 0.6 is 11.3 Å². The molecule has 0 spiro atoms. The van der Waals surface area contributed by atoms with E-state index in [2.05, 4.69) is 215 Å². The van der Waals surface area contributed by atoms with Gasteiger partial charge in [0.05, 0.1) is 22.1 Å². The van der Waals surface area contributed by atoms with Gasteiger partial charge >= 0.3 is 0 Å². The summed E-state index contributed by atoms with van der Waals surface area (Å²) in [6.45, 7) is 0. The Morgan fingerprint density at radius 3 is 1.46 bits per heavy atom. The Bertz CT molecular complexity index is 3510. The molecule has 0 N–H and O–H groups in total. The second-order valence-corrected chi connectivity index (χ2v) is 16.0. The molecule has 0 aliphatic heterocycles. The second-order valence-electron chi connectivity index (χ2n) is 14.9. The van der Waals surface area contributed by atoms with Crippen molar-refractivity contribution in [3.8, 4) is 44.8 Å². The van der Waals surface area contributed by atoms with E-state index in [0.29, 0.717) is 0 Å². The van der Waals surface area contributed by atoms with E-state index in [0.717, 1.165) is 5.69 Å². The molecule has 0 saturated heterocycles. The summed E-state index contributed by atoms with van der Waals surface area (Å²) in [6, 6.07) is 75.6. The van der Waals surface area contributed by atoms with Crippen molar-refractivity contribution in [3.05, 3.63) is 206 Å². The van der Waals surface area contributed by atoms with Crippen molar-refractivity contribution in [2.45, 2.75) is 0 Å². The molecule has 0 fully saturated rings. The van der Waals surface area contributed by atoms with Crippen LogP contribution in [-0.4, -0.2) is 9.13 Å². The Labute approximate surface area is 333 Å².